The van der Waals surface area contributed by atoms with Crippen molar-refractivity contribution in [3.8, 4) is 0 Å². The van der Waals surface area contributed by atoms with Crippen LogP contribution in [0.3, 0.4) is 0 Å². The Labute approximate surface area is 104 Å². The standard InChI is InChI=1S/C13H25N3O/c1-14-8-11-4-3-7-16(9-11)10-13(17)15(2)12-5-6-12/h11-12,14H,3-10H2,1-2H3. The largest absolute Gasteiger partial charge is 0.342 e. The molecule has 0 spiro atoms. The first-order chi connectivity index (χ1) is 8.20. The normalized spacial score (nSPS) is 25.9. The van der Waals surface area contributed by atoms with Crippen LogP contribution in [0.5, 0.6) is 0 Å². The van der Waals surface area contributed by atoms with Crippen molar-refractivity contribution in [2.75, 3.05) is 40.3 Å². The van der Waals surface area contributed by atoms with Gasteiger partial charge in [0.05, 0.1) is 6.54 Å². The van der Waals surface area contributed by atoms with Gasteiger partial charge in [0.2, 0.25) is 5.91 Å². The summed E-state index contributed by atoms with van der Waals surface area (Å²) < 4.78 is 0. The number of hydrogen-bond acceptors (Lipinski definition) is 3. The number of likely N-dealkylation sites (N-methyl/N-ethyl adjacent to an activating group) is 1. The van der Waals surface area contributed by atoms with Gasteiger partial charge in [-0.05, 0) is 51.7 Å². The average Bonchev–Trinajstić information content (AvgIpc) is 3.13. The van der Waals surface area contributed by atoms with Gasteiger partial charge < -0.3 is 10.2 Å². The fourth-order valence-electron chi connectivity index (χ4n) is 2.72. The number of hydrogen-bond donors (Lipinski definition) is 1. The fourth-order valence-corrected chi connectivity index (χ4v) is 2.72. The maximum absolute atomic E-state index is 12.0. The number of nitrogens with one attached hydrogen (secondary N) is 1. The lowest BCUT2D eigenvalue weighted by Crippen LogP contribution is -2.45. The molecule has 0 aromatic carbocycles. The molecule has 0 aromatic rings. The van der Waals surface area contributed by atoms with E-state index >= 15 is 0 Å². The van der Waals surface area contributed by atoms with Crippen LogP contribution < -0.4 is 5.32 Å². The lowest BCUT2D eigenvalue weighted by Gasteiger charge is -2.33. The molecule has 1 unspecified atom stereocenters. The Morgan fingerprint density at radius 1 is 1.41 bits per heavy atom. The molecule has 0 radical (unpaired) electrons. The third kappa shape index (κ3) is 3.68. The summed E-state index contributed by atoms with van der Waals surface area (Å²) in [6.45, 7) is 3.85. The van der Waals surface area contributed by atoms with E-state index in [-0.39, 0.29) is 0 Å². The highest BCUT2D eigenvalue weighted by Crippen LogP contribution is 2.25. The summed E-state index contributed by atoms with van der Waals surface area (Å²) in [5.74, 6) is 1.02. The zero-order valence-electron chi connectivity index (χ0n) is 11.1. The Balaban J connectivity index is 1.75. The SMILES string of the molecule is CNCC1CCCN(CC(=O)N(C)C2CC2)C1. The molecule has 2 fully saturated rings. The van der Waals surface area contributed by atoms with E-state index in [1.807, 2.05) is 19.0 Å². The van der Waals surface area contributed by atoms with Crippen LogP contribution in [0.2, 0.25) is 0 Å². The molecule has 1 N–H and O–H groups in total. The van der Waals surface area contributed by atoms with E-state index in [1.54, 1.807) is 0 Å². The molecule has 2 aliphatic rings. The zero-order valence-corrected chi connectivity index (χ0v) is 11.1. The first kappa shape index (κ1) is 12.8. The molecule has 17 heavy (non-hydrogen) atoms. The molecule has 1 aliphatic carbocycles. The molecule has 1 saturated carbocycles. The zero-order chi connectivity index (χ0) is 12.3. The summed E-state index contributed by atoms with van der Waals surface area (Å²) >= 11 is 0. The van der Waals surface area contributed by atoms with Crippen molar-refractivity contribution >= 4 is 5.91 Å². The molecule has 0 aromatic heterocycles. The van der Waals surface area contributed by atoms with Gasteiger partial charge in [-0.25, -0.2) is 0 Å². The molecule has 1 amide bonds. The number of piperidine rings is 1. The first-order valence-electron chi connectivity index (χ1n) is 6.83. The summed E-state index contributed by atoms with van der Waals surface area (Å²) in [7, 11) is 3.96. The van der Waals surface area contributed by atoms with Gasteiger partial charge in [-0.15, -0.1) is 0 Å². The Morgan fingerprint density at radius 3 is 2.82 bits per heavy atom. The quantitative estimate of drug-likeness (QED) is 0.760. The van der Waals surface area contributed by atoms with Gasteiger partial charge in [-0.3, -0.25) is 9.69 Å². The van der Waals surface area contributed by atoms with Crippen LogP contribution in [0, 0.1) is 5.92 Å². The number of carbonyl (C=O) groups excluding carboxylic acids is 1. The molecular formula is C13H25N3O. The second-order valence-electron chi connectivity index (χ2n) is 5.54. The Morgan fingerprint density at radius 2 is 2.18 bits per heavy atom. The van der Waals surface area contributed by atoms with Gasteiger partial charge in [-0.2, -0.15) is 0 Å². The molecular weight excluding hydrogens is 214 g/mol. The van der Waals surface area contributed by atoms with Crippen molar-refractivity contribution in [3.05, 3.63) is 0 Å². The summed E-state index contributed by atoms with van der Waals surface area (Å²) in [6, 6.07) is 0.542. The van der Waals surface area contributed by atoms with Gasteiger partial charge in [0.15, 0.2) is 0 Å². The minimum absolute atomic E-state index is 0.303. The van der Waals surface area contributed by atoms with E-state index in [4.69, 9.17) is 0 Å². The monoisotopic (exact) mass is 239 g/mol. The van der Waals surface area contributed by atoms with E-state index in [2.05, 4.69) is 10.2 Å². The van der Waals surface area contributed by atoms with Crippen LogP contribution >= 0.6 is 0 Å². The molecule has 1 aliphatic heterocycles. The number of likely N-dealkylation sites (tertiary alicyclic amines) is 1. The predicted molar refractivity (Wildman–Crippen MR) is 68.9 cm³/mol. The van der Waals surface area contributed by atoms with Crippen molar-refractivity contribution < 1.29 is 4.79 Å². The van der Waals surface area contributed by atoms with E-state index in [1.165, 1.54) is 25.7 Å². The Bertz CT molecular complexity index is 263. The third-order valence-electron chi connectivity index (χ3n) is 3.94. The average molecular weight is 239 g/mol. The molecule has 1 heterocycles. The summed E-state index contributed by atoms with van der Waals surface area (Å²) in [5.41, 5.74) is 0. The summed E-state index contributed by atoms with van der Waals surface area (Å²) in [6.07, 6.45) is 4.92. The minimum Gasteiger partial charge on any atom is -0.342 e. The van der Waals surface area contributed by atoms with Gasteiger partial charge in [-0.1, -0.05) is 0 Å². The van der Waals surface area contributed by atoms with E-state index in [0.29, 0.717) is 24.4 Å². The molecule has 1 atom stereocenters. The van der Waals surface area contributed by atoms with Crippen molar-refractivity contribution in [2.45, 2.75) is 31.7 Å². The molecule has 2 rings (SSSR count). The lowest BCUT2D eigenvalue weighted by molar-refractivity contribution is -0.132. The van der Waals surface area contributed by atoms with Crippen molar-refractivity contribution in [2.24, 2.45) is 5.92 Å². The van der Waals surface area contributed by atoms with Crippen molar-refractivity contribution in [1.82, 2.24) is 15.1 Å². The first-order valence-corrected chi connectivity index (χ1v) is 6.83. The van der Waals surface area contributed by atoms with Crippen LogP contribution in [-0.2, 0) is 4.79 Å². The Hall–Kier alpha value is -0.610. The van der Waals surface area contributed by atoms with Crippen molar-refractivity contribution in [1.29, 1.82) is 0 Å². The molecule has 4 heteroatoms. The fraction of sp³-hybridized carbons (Fsp3) is 0.923. The number of nitrogens with zero attached hydrogens (tertiary/aromatic N) is 2. The molecule has 4 nitrogen and oxygen atoms in total. The smallest absolute Gasteiger partial charge is 0.236 e. The summed E-state index contributed by atoms with van der Waals surface area (Å²) in [4.78, 5) is 16.3. The number of rotatable bonds is 5. The molecule has 1 saturated heterocycles. The topological polar surface area (TPSA) is 35.6 Å². The third-order valence-corrected chi connectivity index (χ3v) is 3.94. The highest BCUT2D eigenvalue weighted by Gasteiger charge is 2.30. The van der Waals surface area contributed by atoms with Crippen LogP contribution in [0.15, 0.2) is 0 Å². The van der Waals surface area contributed by atoms with Gasteiger partial charge in [0.1, 0.15) is 0 Å². The number of amides is 1. The van der Waals surface area contributed by atoms with E-state index in [0.717, 1.165) is 19.6 Å². The molecule has 98 valence electrons. The molecule has 0 bridgehead atoms. The van der Waals surface area contributed by atoms with E-state index < -0.39 is 0 Å². The summed E-state index contributed by atoms with van der Waals surface area (Å²) in [5, 5.41) is 3.24. The highest BCUT2D eigenvalue weighted by molar-refractivity contribution is 5.78. The lowest BCUT2D eigenvalue weighted by atomic mass is 9.98. The highest BCUT2D eigenvalue weighted by atomic mass is 16.2. The van der Waals surface area contributed by atoms with Crippen LogP contribution in [-0.4, -0.2) is 62.0 Å². The van der Waals surface area contributed by atoms with Crippen molar-refractivity contribution in [3.63, 3.8) is 0 Å². The number of carbonyl (C=O) groups is 1. The second-order valence-corrected chi connectivity index (χ2v) is 5.54. The van der Waals surface area contributed by atoms with E-state index in [9.17, 15) is 4.79 Å². The maximum Gasteiger partial charge on any atom is 0.236 e. The van der Waals surface area contributed by atoms with Gasteiger partial charge in [0, 0.05) is 19.6 Å². The minimum atomic E-state index is 0.303. The van der Waals surface area contributed by atoms with Gasteiger partial charge >= 0.3 is 0 Å². The second kappa shape index (κ2) is 5.83. The maximum atomic E-state index is 12.0. The van der Waals surface area contributed by atoms with Crippen LogP contribution in [0.1, 0.15) is 25.7 Å². The van der Waals surface area contributed by atoms with Crippen LogP contribution in [0.4, 0.5) is 0 Å². The Kier molecular flexibility index (Phi) is 4.40. The predicted octanol–water partition coefficient (Wildman–Crippen LogP) is 0.539. The van der Waals surface area contributed by atoms with Crippen LogP contribution in [0.25, 0.3) is 0 Å². The van der Waals surface area contributed by atoms with Gasteiger partial charge in [0.25, 0.3) is 0 Å².